The van der Waals surface area contributed by atoms with Gasteiger partial charge in [-0.25, -0.2) is 5.01 Å². The Labute approximate surface area is 137 Å². The Kier molecular flexibility index (Phi) is 3.60. The van der Waals surface area contributed by atoms with Crippen molar-refractivity contribution < 1.29 is 5.11 Å². The lowest BCUT2D eigenvalue weighted by Crippen LogP contribution is -2.54. The molecule has 0 saturated carbocycles. The van der Waals surface area contributed by atoms with Gasteiger partial charge in [0.25, 0.3) is 0 Å². The van der Waals surface area contributed by atoms with E-state index in [-0.39, 0.29) is 0 Å². The summed E-state index contributed by atoms with van der Waals surface area (Å²) in [6, 6.07) is 18.6. The molecular formula is C19H23N3O. The van der Waals surface area contributed by atoms with E-state index in [4.69, 9.17) is 0 Å². The zero-order valence-electron chi connectivity index (χ0n) is 13.5. The number of hydrazine groups is 2. The van der Waals surface area contributed by atoms with Crippen LogP contribution in [0.1, 0.15) is 24.0 Å². The minimum Gasteiger partial charge on any atom is -0.385 e. The van der Waals surface area contributed by atoms with E-state index in [1.54, 1.807) is 0 Å². The number of rotatable bonds is 2. The number of nitrogens with zero attached hydrogens (tertiary/aromatic N) is 3. The van der Waals surface area contributed by atoms with Crippen molar-refractivity contribution in [2.24, 2.45) is 0 Å². The molecular weight excluding hydrogens is 286 g/mol. The van der Waals surface area contributed by atoms with Crippen LogP contribution in [0.25, 0.3) is 0 Å². The number of aliphatic hydroxyl groups is 1. The molecule has 0 atom stereocenters. The van der Waals surface area contributed by atoms with Gasteiger partial charge in [0.2, 0.25) is 0 Å². The minimum atomic E-state index is -0.692. The quantitative estimate of drug-likeness (QED) is 0.924. The van der Waals surface area contributed by atoms with Crippen molar-refractivity contribution >= 4 is 5.69 Å². The summed E-state index contributed by atoms with van der Waals surface area (Å²) in [4.78, 5) is 0. The van der Waals surface area contributed by atoms with Crippen LogP contribution in [0.5, 0.6) is 0 Å². The second-order valence-corrected chi connectivity index (χ2v) is 6.53. The highest BCUT2D eigenvalue weighted by atomic mass is 16.3. The Bertz CT molecular complexity index is 680. The number of anilines is 1. The predicted molar refractivity (Wildman–Crippen MR) is 91.5 cm³/mol. The van der Waals surface area contributed by atoms with Crippen LogP contribution in [0.3, 0.4) is 0 Å². The maximum atomic E-state index is 11.0. The second-order valence-electron chi connectivity index (χ2n) is 6.53. The zero-order valence-corrected chi connectivity index (χ0v) is 13.5. The van der Waals surface area contributed by atoms with E-state index in [9.17, 15) is 5.11 Å². The average Bonchev–Trinajstić information content (AvgIpc) is 2.94. The van der Waals surface area contributed by atoms with E-state index in [0.717, 1.165) is 38.0 Å². The van der Waals surface area contributed by atoms with E-state index in [2.05, 4.69) is 46.4 Å². The zero-order chi connectivity index (χ0) is 15.9. The fraction of sp³-hybridized carbons (Fsp3) is 0.368. The molecule has 0 aliphatic carbocycles. The Morgan fingerprint density at radius 3 is 2.26 bits per heavy atom. The van der Waals surface area contributed by atoms with Crippen LogP contribution in [0.15, 0.2) is 54.6 Å². The van der Waals surface area contributed by atoms with Gasteiger partial charge in [-0.3, -0.25) is 5.01 Å². The molecule has 0 aromatic heterocycles. The molecule has 1 fully saturated rings. The molecule has 2 aromatic rings. The molecule has 0 radical (unpaired) electrons. The molecule has 2 aromatic carbocycles. The lowest BCUT2D eigenvalue weighted by Gasteiger charge is -2.44. The minimum absolute atomic E-state index is 0.692. The first-order chi connectivity index (χ1) is 11.2. The summed E-state index contributed by atoms with van der Waals surface area (Å²) in [5.41, 5.74) is 2.98. The fourth-order valence-electron chi connectivity index (χ4n) is 3.77. The summed E-state index contributed by atoms with van der Waals surface area (Å²) in [5, 5.41) is 17.9. The molecule has 4 heteroatoms. The summed E-state index contributed by atoms with van der Waals surface area (Å²) in [6.07, 6.45) is 1.52. The summed E-state index contributed by atoms with van der Waals surface area (Å²) in [7, 11) is 2.11. The van der Waals surface area contributed by atoms with Crippen molar-refractivity contribution in [3.63, 3.8) is 0 Å². The van der Waals surface area contributed by atoms with E-state index in [1.165, 1.54) is 11.3 Å². The van der Waals surface area contributed by atoms with Crippen molar-refractivity contribution in [3.05, 3.63) is 65.7 Å². The number of hydrogen-bond acceptors (Lipinski definition) is 4. The van der Waals surface area contributed by atoms with Gasteiger partial charge in [0, 0.05) is 20.1 Å². The van der Waals surface area contributed by atoms with Gasteiger partial charge >= 0.3 is 0 Å². The molecule has 2 aliphatic heterocycles. The topological polar surface area (TPSA) is 30.0 Å². The SMILES string of the molecule is CN1c2ccccc2CN1N1CCC(O)(c2ccccc2)CC1. The molecule has 23 heavy (non-hydrogen) atoms. The predicted octanol–water partition coefficient (Wildman–Crippen LogP) is 2.75. The van der Waals surface area contributed by atoms with Gasteiger partial charge < -0.3 is 5.11 Å². The molecule has 1 saturated heterocycles. The summed E-state index contributed by atoms with van der Waals surface area (Å²) in [5.74, 6) is 0. The molecule has 0 unspecified atom stereocenters. The Balaban J connectivity index is 1.47. The van der Waals surface area contributed by atoms with Crippen LogP contribution in [-0.2, 0) is 12.1 Å². The summed E-state index contributed by atoms with van der Waals surface area (Å²) in [6.45, 7) is 2.64. The highest BCUT2D eigenvalue weighted by molar-refractivity contribution is 5.55. The van der Waals surface area contributed by atoms with Crippen LogP contribution in [-0.4, -0.2) is 35.4 Å². The number of fused-ring (bicyclic) bond motifs is 1. The van der Waals surface area contributed by atoms with Crippen LogP contribution in [0.4, 0.5) is 5.69 Å². The van der Waals surface area contributed by atoms with Crippen LogP contribution in [0.2, 0.25) is 0 Å². The largest absolute Gasteiger partial charge is 0.385 e. The monoisotopic (exact) mass is 309 g/mol. The third-order valence-electron chi connectivity index (χ3n) is 5.20. The average molecular weight is 309 g/mol. The molecule has 0 amide bonds. The number of benzene rings is 2. The van der Waals surface area contributed by atoms with E-state index >= 15 is 0 Å². The van der Waals surface area contributed by atoms with Crippen molar-refractivity contribution in [1.82, 2.24) is 10.1 Å². The smallest absolute Gasteiger partial charge is 0.0922 e. The van der Waals surface area contributed by atoms with Crippen LogP contribution >= 0.6 is 0 Å². The highest BCUT2D eigenvalue weighted by Gasteiger charge is 2.38. The normalized spacial score (nSPS) is 21.4. The van der Waals surface area contributed by atoms with Gasteiger partial charge in [0.15, 0.2) is 0 Å². The first kappa shape index (κ1) is 14.7. The van der Waals surface area contributed by atoms with E-state index < -0.39 is 5.60 Å². The highest BCUT2D eigenvalue weighted by Crippen LogP contribution is 2.36. The Hall–Kier alpha value is -1.88. The van der Waals surface area contributed by atoms with Crippen LogP contribution in [0, 0.1) is 0 Å². The number of para-hydroxylation sites is 1. The van der Waals surface area contributed by atoms with Crippen molar-refractivity contribution in [1.29, 1.82) is 0 Å². The van der Waals surface area contributed by atoms with Gasteiger partial charge in [-0.15, -0.1) is 5.12 Å². The molecule has 1 N–H and O–H groups in total. The molecule has 0 spiro atoms. The van der Waals surface area contributed by atoms with Crippen molar-refractivity contribution in [2.45, 2.75) is 25.0 Å². The van der Waals surface area contributed by atoms with Gasteiger partial charge in [0.05, 0.1) is 17.8 Å². The number of piperidine rings is 1. The van der Waals surface area contributed by atoms with Crippen LogP contribution < -0.4 is 5.01 Å². The van der Waals surface area contributed by atoms with Gasteiger partial charge in [-0.05, 0) is 30.0 Å². The Morgan fingerprint density at radius 1 is 0.913 bits per heavy atom. The maximum absolute atomic E-state index is 11.0. The maximum Gasteiger partial charge on any atom is 0.0922 e. The molecule has 4 nitrogen and oxygen atoms in total. The van der Waals surface area contributed by atoms with Gasteiger partial charge in [-0.2, -0.15) is 0 Å². The fourth-order valence-corrected chi connectivity index (χ4v) is 3.77. The van der Waals surface area contributed by atoms with Crippen molar-refractivity contribution in [2.75, 3.05) is 25.1 Å². The third-order valence-corrected chi connectivity index (χ3v) is 5.20. The standard InChI is InChI=1S/C19H23N3O/c1-20-18-10-6-5-7-16(18)15-22(20)21-13-11-19(23,12-14-21)17-8-3-2-4-9-17/h2-10,23H,11-15H2,1H3. The van der Waals surface area contributed by atoms with Gasteiger partial charge in [-0.1, -0.05) is 48.5 Å². The van der Waals surface area contributed by atoms with Gasteiger partial charge in [0.1, 0.15) is 0 Å². The summed E-state index contributed by atoms with van der Waals surface area (Å²) >= 11 is 0. The molecule has 120 valence electrons. The Morgan fingerprint density at radius 2 is 1.57 bits per heavy atom. The lowest BCUT2D eigenvalue weighted by molar-refractivity contribution is -0.107. The number of hydrogen-bond donors (Lipinski definition) is 1. The molecule has 2 heterocycles. The lowest BCUT2D eigenvalue weighted by atomic mass is 9.85. The second kappa shape index (κ2) is 5.64. The molecule has 0 bridgehead atoms. The van der Waals surface area contributed by atoms with E-state index in [1.807, 2.05) is 30.3 Å². The summed E-state index contributed by atoms with van der Waals surface area (Å²) < 4.78 is 0. The molecule has 4 rings (SSSR count). The first-order valence-corrected chi connectivity index (χ1v) is 8.29. The third kappa shape index (κ3) is 2.53. The van der Waals surface area contributed by atoms with E-state index in [0.29, 0.717) is 0 Å². The van der Waals surface area contributed by atoms with Crippen molar-refractivity contribution in [3.8, 4) is 0 Å². The first-order valence-electron chi connectivity index (χ1n) is 8.29. The molecule has 2 aliphatic rings.